The van der Waals surface area contributed by atoms with E-state index in [9.17, 15) is 4.39 Å². The van der Waals surface area contributed by atoms with Gasteiger partial charge in [-0.3, -0.25) is 0 Å². The molecule has 0 N–H and O–H groups in total. The molecule has 23 heavy (non-hydrogen) atoms. The first-order valence-corrected chi connectivity index (χ1v) is 7.12. The van der Waals surface area contributed by atoms with Crippen molar-refractivity contribution < 1.29 is 13.9 Å². The van der Waals surface area contributed by atoms with E-state index in [2.05, 4.69) is 10.0 Å². The number of ether oxygens (including phenoxy) is 2. The number of hydrogen-bond donors (Lipinski definition) is 0. The lowest BCUT2D eigenvalue weighted by atomic mass is 9.98. The Bertz CT molecular complexity index is 811. The quantitative estimate of drug-likeness (QED) is 0.423. The molecule has 0 fully saturated rings. The van der Waals surface area contributed by atoms with Crippen LogP contribution in [0.1, 0.15) is 17.4 Å². The van der Waals surface area contributed by atoms with Gasteiger partial charge in [0.05, 0.1) is 17.1 Å². The smallest absolute Gasteiger partial charge is 0.268 e. The van der Waals surface area contributed by atoms with Crippen LogP contribution in [0.3, 0.4) is 0 Å². The largest absolute Gasteiger partial charge is 0.455 e. The summed E-state index contributed by atoms with van der Waals surface area (Å²) in [4.78, 5) is 2.76. The van der Waals surface area contributed by atoms with Crippen molar-refractivity contribution in [3.05, 3.63) is 81.3 Å². The highest BCUT2D eigenvalue weighted by Gasteiger charge is 2.23. The topological polar surface area (TPSA) is 67.2 Å². The zero-order valence-electron chi connectivity index (χ0n) is 11.8. The van der Waals surface area contributed by atoms with Gasteiger partial charge in [0.15, 0.2) is 0 Å². The summed E-state index contributed by atoms with van der Waals surface area (Å²) in [5.74, 6) is -0.360. The van der Waals surface area contributed by atoms with Crippen LogP contribution >= 0.6 is 11.6 Å². The zero-order valence-corrected chi connectivity index (χ0v) is 12.6. The Morgan fingerprint density at radius 2 is 1.96 bits per heavy atom. The summed E-state index contributed by atoms with van der Waals surface area (Å²) in [6, 6.07) is 9.74. The first-order valence-electron chi connectivity index (χ1n) is 6.74. The van der Waals surface area contributed by atoms with Crippen LogP contribution in [0.25, 0.3) is 21.6 Å². The molecule has 116 valence electrons. The van der Waals surface area contributed by atoms with Gasteiger partial charge in [-0.25, -0.2) is 4.39 Å². The van der Waals surface area contributed by atoms with Gasteiger partial charge >= 0.3 is 0 Å². The van der Waals surface area contributed by atoms with E-state index in [1.807, 2.05) is 0 Å². The number of benzene rings is 2. The Morgan fingerprint density at radius 3 is 2.65 bits per heavy atom. The van der Waals surface area contributed by atoms with Crippen molar-refractivity contribution in [2.75, 3.05) is 0 Å². The molecule has 1 heterocycles. The number of halogens is 2. The van der Waals surface area contributed by atoms with Crippen molar-refractivity contribution in [3.63, 3.8) is 0 Å². The molecule has 0 aromatic heterocycles. The van der Waals surface area contributed by atoms with E-state index < -0.39 is 6.29 Å². The van der Waals surface area contributed by atoms with Gasteiger partial charge in [0.2, 0.25) is 0 Å². The molecule has 0 radical (unpaired) electrons. The van der Waals surface area contributed by atoms with E-state index in [4.69, 9.17) is 26.6 Å². The van der Waals surface area contributed by atoms with Crippen LogP contribution in [0.4, 0.5) is 4.39 Å². The molecule has 0 amide bonds. The van der Waals surface area contributed by atoms with E-state index in [0.29, 0.717) is 27.3 Å². The molecule has 2 aromatic carbocycles. The van der Waals surface area contributed by atoms with E-state index in [0.717, 1.165) is 0 Å². The lowest BCUT2D eigenvalue weighted by Gasteiger charge is -2.18. The van der Waals surface area contributed by atoms with Crippen molar-refractivity contribution in [2.24, 2.45) is 5.11 Å². The van der Waals surface area contributed by atoms with E-state index in [1.54, 1.807) is 30.3 Å². The molecule has 1 aliphatic rings. The van der Waals surface area contributed by atoms with Gasteiger partial charge in [-0.15, -0.1) is 0 Å². The lowest BCUT2D eigenvalue weighted by Crippen LogP contribution is -2.04. The maximum absolute atomic E-state index is 14.0. The average molecular weight is 332 g/mol. The second-order valence-corrected chi connectivity index (χ2v) is 5.18. The SMILES string of the molecule is [N-]=[N+]=NCc1cc(-c2ccccc2F)cc(Cl)c1C1OC=CO1. The molecule has 3 rings (SSSR count). The number of rotatable bonds is 4. The second-order valence-electron chi connectivity index (χ2n) is 4.78. The summed E-state index contributed by atoms with van der Waals surface area (Å²) in [7, 11) is 0. The highest BCUT2D eigenvalue weighted by molar-refractivity contribution is 6.31. The Labute approximate surface area is 136 Å². The zero-order chi connectivity index (χ0) is 16.2. The summed E-state index contributed by atoms with van der Waals surface area (Å²) < 4.78 is 24.6. The van der Waals surface area contributed by atoms with Crippen molar-refractivity contribution in [1.29, 1.82) is 0 Å². The number of hydrogen-bond acceptors (Lipinski definition) is 3. The Morgan fingerprint density at radius 1 is 1.22 bits per heavy atom. The predicted octanol–water partition coefficient (Wildman–Crippen LogP) is 5.47. The maximum Gasteiger partial charge on any atom is 0.268 e. The van der Waals surface area contributed by atoms with Gasteiger partial charge < -0.3 is 9.47 Å². The first-order chi connectivity index (χ1) is 11.2. The molecule has 0 aliphatic carbocycles. The fourth-order valence-corrected chi connectivity index (χ4v) is 2.73. The van der Waals surface area contributed by atoms with Gasteiger partial charge in [-0.2, -0.15) is 0 Å². The normalized spacial score (nSPS) is 13.3. The Hall–Kier alpha value is -2.69. The fraction of sp³-hybridized carbons (Fsp3) is 0.125. The van der Waals surface area contributed by atoms with Crippen LogP contribution in [-0.2, 0) is 16.0 Å². The average Bonchev–Trinajstić information content (AvgIpc) is 3.06. The highest BCUT2D eigenvalue weighted by Crippen LogP contribution is 2.37. The van der Waals surface area contributed by atoms with Crippen LogP contribution in [-0.4, -0.2) is 0 Å². The monoisotopic (exact) mass is 331 g/mol. The molecular weight excluding hydrogens is 321 g/mol. The number of azide groups is 1. The minimum Gasteiger partial charge on any atom is -0.455 e. The molecule has 1 aliphatic heterocycles. The van der Waals surface area contributed by atoms with Crippen LogP contribution in [0.15, 0.2) is 54.0 Å². The Balaban J connectivity index is 2.12. The molecule has 0 unspecified atom stereocenters. The van der Waals surface area contributed by atoms with Gasteiger partial charge in [0.25, 0.3) is 6.29 Å². The fourth-order valence-electron chi connectivity index (χ4n) is 2.40. The molecule has 0 spiro atoms. The summed E-state index contributed by atoms with van der Waals surface area (Å²) >= 11 is 6.35. The molecule has 0 saturated heterocycles. The van der Waals surface area contributed by atoms with Crippen LogP contribution in [0, 0.1) is 5.82 Å². The molecule has 2 aromatic rings. The molecule has 0 saturated carbocycles. The predicted molar refractivity (Wildman–Crippen MR) is 83.7 cm³/mol. The summed E-state index contributed by atoms with van der Waals surface area (Å²) in [6.07, 6.45) is 2.10. The third-order valence-corrected chi connectivity index (χ3v) is 3.71. The van der Waals surface area contributed by atoms with Crippen LogP contribution in [0.5, 0.6) is 0 Å². The molecule has 5 nitrogen and oxygen atoms in total. The highest BCUT2D eigenvalue weighted by atomic mass is 35.5. The standard InChI is InChI=1S/C16H11ClFN3O2/c17-13-8-10(12-3-1-2-4-14(12)18)7-11(9-20-21-19)15(13)16-22-5-6-23-16/h1-8,16H,9H2. The maximum atomic E-state index is 14.0. The number of nitrogens with zero attached hydrogens (tertiary/aromatic N) is 3. The first kappa shape index (κ1) is 15.2. The van der Waals surface area contributed by atoms with Crippen molar-refractivity contribution in [3.8, 4) is 11.1 Å². The molecule has 0 atom stereocenters. The summed E-state index contributed by atoms with van der Waals surface area (Å²) in [5, 5.41) is 3.92. The van der Waals surface area contributed by atoms with Crippen molar-refractivity contribution in [2.45, 2.75) is 12.8 Å². The van der Waals surface area contributed by atoms with Crippen molar-refractivity contribution >= 4 is 11.6 Å². The van der Waals surface area contributed by atoms with Gasteiger partial charge in [-0.1, -0.05) is 41.0 Å². The van der Waals surface area contributed by atoms with E-state index >= 15 is 0 Å². The third kappa shape index (κ3) is 3.08. The second kappa shape index (κ2) is 6.60. The minimum absolute atomic E-state index is 0.0526. The summed E-state index contributed by atoms with van der Waals surface area (Å²) in [6.45, 7) is 0.0526. The van der Waals surface area contributed by atoms with Crippen molar-refractivity contribution in [1.82, 2.24) is 0 Å². The van der Waals surface area contributed by atoms with Gasteiger partial charge in [0, 0.05) is 10.5 Å². The minimum atomic E-state index is -0.707. The third-order valence-electron chi connectivity index (χ3n) is 3.40. The molecule has 7 heteroatoms. The van der Waals surface area contributed by atoms with E-state index in [1.165, 1.54) is 18.6 Å². The lowest BCUT2D eigenvalue weighted by molar-refractivity contribution is -0.0251. The van der Waals surface area contributed by atoms with E-state index in [-0.39, 0.29) is 12.4 Å². The van der Waals surface area contributed by atoms with Gasteiger partial charge in [-0.05, 0) is 28.8 Å². The Kier molecular flexibility index (Phi) is 4.37. The van der Waals surface area contributed by atoms with Gasteiger partial charge in [0.1, 0.15) is 18.3 Å². The molecular formula is C16H11ClFN3O2. The summed E-state index contributed by atoms with van der Waals surface area (Å²) in [5.41, 5.74) is 10.7. The van der Waals surface area contributed by atoms with Crippen LogP contribution in [0.2, 0.25) is 5.02 Å². The van der Waals surface area contributed by atoms with Crippen LogP contribution < -0.4 is 0 Å². The molecule has 0 bridgehead atoms.